The predicted octanol–water partition coefficient (Wildman–Crippen LogP) is -4.16. The van der Waals surface area contributed by atoms with Crippen molar-refractivity contribution in [2.45, 2.75) is 62.7 Å². The summed E-state index contributed by atoms with van der Waals surface area (Å²) in [5, 5.41) is 16.4. The van der Waals surface area contributed by atoms with Crippen LogP contribution in [0.2, 0.25) is 0 Å². The largest absolute Gasteiger partial charge is 0.480 e. The van der Waals surface area contributed by atoms with E-state index in [-0.39, 0.29) is 31.1 Å². The number of rotatable bonds is 18. The number of carboxylic acid groups (broad SMARTS) is 1. The number of thiol groups is 1. The number of carbonyl (C=O) groups is 5. The molecule has 14 N–H and O–H groups in total. The number of amides is 4. The molecule has 0 bridgehead atoms. The van der Waals surface area contributed by atoms with E-state index in [2.05, 4.69) is 33.6 Å². The Balaban J connectivity index is 5.19. The van der Waals surface area contributed by atoms with Gasteiger partial charge in [-0.05, 0) is 38.6 Å². The zero-order valence-electron chi connectivity index (χ0n) is 19.4. The summed E-state index contributed by atoms with van der Waals surface area (Å²) in [6.07, 6.45) is 1.19. The number of unbranched alkanes of at least 4 members (excludes halogenated alkanes) is 1. The van der Waals surface area contributed by atoms with Gasteiger partial charge in [0.05, 0.1) is 12.5 Å². The van der Waals surface area contributed by atoms with Gasteiger partial charge in [0, 0.05) is 12.3 Å². The third-order valence-electron chi connectivity index (χ3n) is 4.72. The highest BCUT2D eigenvalue weighted by Crippen LogP contribution is 2.05. The highest BCUT2D eigenvalue weighted by atomic mass is 32.1. The van der Waals surface area contributed by atoms with Gasteiger partial charge in [-0.1, -0.05) is 0 Å². The van der Waals surface area contributed by atoms with E-state index >= 15 is 0 Å². The van der Waals surface area contributed by atoms with Crippen LogP contribution in [0.15, 0.2) is 4.99 Å². The summed E-state index contributed by atoms with van der Waals surface area (Å²) in [5.41, 5.74) is 26.8. The first-order valence-electron chi connectivity index (χ1n) is 11.0. The van der Waals surface area contributed by atoms with E-state index in [1.54, 1.807) is 0 Å². The first kappa shape index (κ1) is 31.9. The van der Waals surface area contributed by atoms with Crippen LogP contribution in [-0.2, 0) is 24.0 Å². The number of nitrogens with zero attached hydrogens (tertiary/aromatic N) is 1. The molecule has 35 heavy (non-hydrogen) atoms. The van der Waals surface area contributed by atoms with E-state index < -0.39 is 60.2 Å². The molecule has 15 nitrogen and oxygen atoms in total. The number of aliphatic imine (C=N–C) groups is 1. The summed E-state index contributed by atoms with van der Waals surface area (Å²) >= 11 is 4.08. The van der Waals surface area contributed by atoms with Gasteiger partial charge in [0.1, 0.15) is 18.1 Å². The Labute approximate surface area is 208 Å². The topological polar surface area (TPSA) is 284 Å². The average Bonchev–Trinajstić information content (AvgIpc) is 2.78. The van der Waals surface area contributed by atoms with Crippen LogP contribution in [-0.4, -0.2) is 83.7 Å². The highest BCUT2D eigenvalue weighted by Gasteiger charge is 2.30. The summed E-state index contributed by atoms with van der Waals surface area (Å²) in [6, 6.07) is -4.78. The molecule has 0 spiro atoms. The molecule has 0 aliphatic carbocycles. The number of guanidine groups is 1. The van der Waals surface area contributed by atoms with Crippen molar-refractivity contribution in [2.24, 2.45) is 33.7 Å². The molecule has 0 saturated carbocycles. The zero-order valence-corrected chi connectivity index (χ0v) is 20.3. The van der Waals surface area contributed by atoms with Crippen molar-refractivity contribution in [3.05, 3.63) is 0 Å². The lowest BCUT2D eigenvalue weighted by molar-refractivity contribution is -0.143. The lowest BCUT2D eigenvalue weighted by Gasteiger charge is -2.24. The summed E-state index contributed by atoms with van der Waals surface area (Å²) in [6.45, 7) is 0.630. The predicted molar refractivity (Wildman–Crippen MR) is 132 cm³/mol. The quantitative estimate of drug-likeness (QED) is 0.0361. The molecule has 0 radical (unpaired) electrons. The second-order valence-electron chi connectivity index (χ2n) is 7.71. The number of carbonyl (C=O) groups excluding carboxylic acids is 4. The summed E-state index contributed by atoms with van der Waals surface area (Å²) < 4.78 is 0. The molecule has 4 atom stereocenters. The molecular formula is C19H37N9O6S. The van der Waals surface area contributed by atoms with Crippen molar-refractivity contribution in [1.29, 1.82) is 0 Å². The van der Waals surface area contributed by atoms with Gasteiger partial charge in [-0.3, -0.25) is 24.2 Å². The molecule has 0 rings (SSSR count). The lowest BCUT2D eigenvalue weighted by Crippen LogP contribution is -2.57. The van der Waals surface area contributed by atoms with E-state index in [0.29, 0.717) is 25.8 Å². The van der Waals surface area contributed by atoms with E-state index in [1.807, 2.05) is 0 Å². The monoisotopic (exact) mass is 519 g/mol. The van der Waals surface area contributed by atoms with Crippen molar-refractivity contribution in [3.8, 4) is 0 Å². The molecule has 0 aromatic rings. The van der Waals surface area contributed by atoms with Crippen LogP contribution < -0.4 is 44.6 Å². The molecule has 0 aromatic heterocycles. The Morgan fingerprint density at radius 2 is 1.40 bits per heavy atom. The summed E-state index contributed by atoms with van der Waals surface area (Å²) in [5.74, 6) is -4.73. The minimum absolute atomic E-state index is 0.0795. The normalized spacial score (nSPS) is 14.0. The minimum atomic E-state index is -1.56. The Morgan fingerprint density at radius 1 is 0.829 bits per heavy atom. The van der Waals surface area contributed by atoms with E-state index in [4.69, 9.17) is 28.7 Å². The lowest BCUT2D eigenvalue weighted by atomic mass is 10.1. The van der Waals surface area contributed by atoms with Crippen molar-refractivity contribution in [1.82, 2.24) is 16.0 Å². The first-order valence-corrected chi connectivity index (χ1v) is 11.6. The Morgan fingerprint density at radius 3 is 1.91 bits per heavy atom. The van der Waals surface area contributed by atoms with Gasteiger partial charge < -0.3 is 49.7 Å². The third-order valence-corrected chi connectivity index (χ3v) is 5.08. The van der Waals surface area contributed by atoms with Gasteiger partial charge in [0.15, 0.2) is 5.96 Å². The van der Waals surface area contributed by atoms with E-state index in [9.17, 15) is 29.1 Å². The van der Waals surface area contributed by atoms with Crippen molar-refractivity contribution in [2.75, 3.05) is 18.8 Å². The van der Waals surface area contributed by atoms with Crippen LogP contribution in [0.4, 0.5) is 0 Å². The maximum atomic E-state index is 12.8. The van der Waals surface area contributed by atoms with Gasteiger partial charge in [-0.25, -0.2) is 4.79 Å². The highest BCUT2D eigenvalue weighted by molar-refractivity contribution is 7.80. The van der Waals surface area contributed by atoms with Crippen molar-refractivity contribution in [3.63, 3.8) is 0 Å². The maximum absolute atomic E-state index is 12.8. The van der Waals surface area contributed by atoms with Crippen LogP contribution in [0, 0.1) is 0 Å². The number of nitrogens with one attached hydrogen (secondary N) is 3. The molecule has 4 amide bonds. The molecular weight excluding hydrogens is 482 g/mol. The van der Waals surface area contributed by atoms with Crippen molar-refractivity contribution < 1.29 is 29.1 Å². The van der Waals surface area contributed by atoms with E-state index in [1.165, 1.54) is 0 Å². The number of carboxylic acids is 1. The van der Waals surface area contributed by atoms with Gasteiger partial charge in [-0.15, -0.1) is 0 Å². The smallest absolute Gasteiger partial charge is 0.326 e. The standard InChI is InChI=1S/C19H37N9O6S/c20-6-2-1-5-11(16(31)27-12(18(33)34)8-14(22)29)26-17(32)13(9-35)28-15(30)10(21)4-3-7-25-19(23)24/h10-13,35H,1-9,20-21H2,(H2,22,29)(H,26,32)(H,27,31)(H,28,30)(H,33,34)(H4,23,24,25). The van der Waals surface area contributed by atoms with Gasteiger partial charge in [0.2, 0.25) is 23.6 Å². The second-order valence-corrected chi connectivity index (χ2v) is 8.08. The Kier molecular flexibility index (Phi) is 15.8. The number of nitrogens with two attached hydrogens (primary N) is 5. The van der Waals surface area contributed by atoms with Crippen LogP contribution in [0.1, 0.15) is 38.5 Å². The molecule has 4 unspecified atom stereocenters. The number of primary amides is 1. The first-order chi connectivity index (χ1) is 16.4. The van der Waals surface area contributed by atoms with E-state index in [0.717, 1.165) is 0 Å². The summed E-state index contributed by atoms with van der Waals surface area (Å²) in [4.78, 5) is 64.0. The van der Waals surface area contributed by atoms with Crippen LogP contribution in [0.25, 0.3) is 0 Å². The van der Waals surface area contributed by atoms with Crippen LogP contribution in [0.5, 0.6) is 0 Å². The third kappa shape index (κ3) is 14.0. The molecule has 0 aliphatic rings. The fraction of sp³-hybridized carbons (Fsp3) is 0.684. The molecule has 16 heteroatoms. The number of hydrogen-bond donors (Lipinski definition) is 10. The summed E-state index contributed by atoms with van der Waals surface area (Å²) in [7, 11) is 0. The molecule has 0 aromatic carbocycles. The SMILES string of the molecule is NCCCCC(NC(=O)C(CS)NC(=O)C(N)CCCN=C(N)N)C(=O)NC(CC(N)=O)C(=O)O. The molecule has 0 heterocycles. The molecule has 0 fully saturated rings. The van der Waals surface area contributed by atoms with Crippen LogP contribution in [0.3, 0.4) is 0 Å². The zero-order chi connectivity index (χ0) is 27.0. The number of hydrogen-bond acceptors (Lipinski definition) is 9. The Hall–Kier alpha value is -3.11. The fourth-order valence-electron chi connectivity index (χ4n) is 2.83. The van der Waals surface area contributed by atoms with Gasteiger partial charge in [-0.2, -0.15) is 12.6 Å². The second kappa shape index (κ2) is 17.3. The molecule has 0 saturated heterocycles. The minimum Gasteiger partial charge on any atom is -0.480 e. The maximum Gasteiger partial charge on any atom is 0.326 e. The average molecular weight is 520 g/mol. The number of aliphatic carboxylic acids is 1. The Bertz CT molecular complexity index is 763. The van der Waals surface area contributed by atoms with Crippen LogP contribution >= 0.6 is 12.6 Å². The molecule has 0 aliphatic heterocycles. The van der Waals surface area contributed by atoms with Crippen molar-refractivity contribution >= 4 is 48.2 Å². The molecule has 200 valence electrons. The fourth-order valence-corrected chi connectivity index (χ4v) is 3.09. The van der Waals surface area contributed by atoms with Gasteiger partial charge >= 0.3 is 5.97 Å². The van der Waals surface area contributed by atoms with Gasteiger partial charge in [0.25, 0.3) is 0 Å².